The van der Waals surface area contributed by atoms with Crippen LogP contribution in [0.25, 0.3) is 16.8 Å². The van der Waals surface area contributed by atoms with Gasteiger partial charge >= 0.3 is 0 Å². The van der Waals surface area contributed by atoms with Crippen molar-refractivity contribution in [3.63, 3.8) is 0 Å². The van der Waals surface area contributed by atoms with Crippen LogP contribution in [0.4, 0.5) is 0 Å². The van der Waals surface area contributed by atoms with Gasteiger partial charge in [0.05, 0.1) is 0 Å². The zero-order chi connectivity index (χ0) is 12.3. The molecule has 0 fully saturated rings. The second-order valence-electron chi connectivity index (χ2n) is 4.01. The van der Waals surface area contributed by atoms with Gasteiger partial charge in [-0.05, 0) is 22.4 Å². The van der Waals surface area contributed by atoms with Gasteiger partial charge in [0.1, 0.15) is 0 Å². The van der Waals surface area contributed by atoms with E-state index in [9.17, 15) is 4.79 Å². The minimum atomic E-state index is 0.0292. The Labute approximate surface area is 101 Å². The Kier molecular flexibility index (Phi) is 3.24. The minimum Gasteiger partial charge on any atom is -0.322 e. The van der Waals surface area contributed by atoms with Crippen LogP contribution in [0.5, 0.6) is 0 Å². The van der Waals surface area contributed by atoms with E-state index < -0.39 is 0 Å². The zero-order valence-electron chi connectivity index (χ0n) is 10.1. The smallest absolute Gasteiger partial charge is 0.223 e. The second kappa shape index (κ2) is 4.83. The van der Waals surface area contributed by atoms with E-state index in [1.54, 1.807) is 25.1 Å². The Hall–Kier alpha value is -2.09. The average Bonchev–Trinajstić information content (AvgIpc) is 2.35. The van der Waals surface area contributed by atoms with Crippen LogP contribution in [0.3, 0.4) is 0 Å². The van der Waals surface area contributed by atoms with Crippen LogP contribution in [0, 0.1) is 0 Å². The van der Waals surface area contributed by atoms with Gasteiger partial charge in [0.25, 0.3) is 0 Å². The molecule has 17 heavy (non-hydrogen) atoms. The molecule has 1 amide bonds. The first-order valence-electron chi connectivity index (χ1n) is 5.58. The molecule has 2 aromatic rings. The van der Waals surface area contributed by atoms with Crippen molar-refractivity contribution in [1.82, 2.24) is 4.90 Å². The Morgan fingerprint density at radius 2 is 1.82 bits per heavy atom. The van der Waals surface area contributed by atoms with Gasteiger partial charge in [0.2, 0.25) is 5.91 Å². The van der Waals surface area contributed by atoms with Gasteiger partial charge in [0, 0.05) is 20.2 Å². The lowest BCUT2D eigenvalue weighted by atomic mass is 10.0. The number of amides is 1. The Morgan fingerprint density at radius 1 is 1.12 bits per heavy atom. The number of carbonyl (C=O) groups excluding carboxylic acids is 1. The number of fused-ring (bicyclic) bond motifs is 1. The van der Waals surface area contributed by atoms with Crippen LogP contribution in [0.2, 0.25) is 0 Å². The third-order valence-electron chi connectivity index (χ3n) is 2.80. The van der Waals surface area contributed by atoms with Gasteiger partial charge in [-0.25, -0.2) is 0 Å². The van der Waals surface area contributed by atoms with E-state index in [1.807, 2.05) is 30.3 Å². The molecule has 0 aliphatic carbocycles. The first kappa shape index (κ1) is 11.4. The van der Waals surface area contributed by atoms with Gasteiger partial charge in [-0.1, -0.05) is 42.5 Å². The lowest BCUT2D eigenvalue weighted by molar-refractivity contribution is -0.125. The molecule has 0 spiro atoms. The molecular formula is C15H15NO. The van der Waals surface area contributed by atoms with Crippen molar-refractivity contribution in [3.05, 3.63) is 54.2 Å². The normalized spacial score (nSPS) is 10.9. The number of hydrogen-bond donors (Lipinski definition) is 0. The first-order chi connectivity index (χ1) is 8.18. The van der Waals surface area contributed by atoms with Crippen LogP contribution in [-0.2, 0) is 4.79 Å². The van der Waals surface area contributed by atoms with Crippen molar-refractivity contribution in [2.45, 2.75) is 6.92 Å². The van der Waals surface area contributed by atoms with Crippen LogP contribution in [0.1, 0.15) is 12.5 Å². The molecule has 86 valence electrons. The van der Waals surface area contributed by atoms with Crippen LogP contribution in [0.15, 0.2) is 48.7 Å². The summed E-state index contributed by atoms with van der Waals surface area (Å²) in [6, 6.07) is 14.4. The average molecular weight is 225 g/mol. The molecule has 2 aromatic carbocycles. The predicted molar refractivity (Wildman–Crippen MR) is 71.4 cm³/mol. The quantitative estimate of drug-likeness (QED) is 0.768. The molecule has 0 saturated carbocycles. The summed E-state index contributed by atoms with van der Waals surface area (Å²) in [7, 11) is 1.75. The summed E-state index contributed by atoms with van der Waals surface area (Å²) in [6.45, 7) is 1.55. The van der Waals surface area contributed by atoms with Crippen LogP contribution >= 0.6 is 0 Å². The van der Waals surface area contributed by atoms with Crippen LogP contribution in [-0.4, -0.2) is 17.9 Å². The highest BCUT2D eigenvalue weighted by Crippen LogP contribution is 2.19. The molecule has 0 aromatic heterocycles. The van der Waals surface area contributed by atoms with E-state index in [2.05, 4.69) is 18.2 Å². The zero-order valence-corrected chi connectivity index (χ0v) is 10.1. The van der Waals surface area contributed by atoms with E-state index in [4.69, 9.17) is 0 Å². The SMILES string of the molecule is CC(=O)N(C)/C=C/c1cccc2ccccc12. The third-order valence-corrected chi connectivity index (χ3v) is 2.80. The molecule has 2 rings (SSSR count). The molecule has 2 nitrogen and oxygen atoms in total. The van der Waals surface area contributed by atoms with Gasteiger partial charge < -0.3 is 4.90 Å². The maximum Gasteiger partial charge on any atom is 0.223 e. The first-order valence-corrected chi connectivity index (χ1v) is 5.58. The summed E-state index contributed by atoms with van der Waals surface area (Å²) >= 11 is 0. The Balaban J connectivity index is 2.39. The van der Waals surface area contributed by atoms with Crippen molar-refractivity contribution in [2.75, 3.05) is 7.05 Å². The highest BCUT2D eigenvalue weighted by molar-refractivity contribution is 5.90. The highest BCUT2D eigenvalue weighted by Gasteiger charge is 1.98. The molecule has 0 saturated heterocycles. The van der Waals surface area contributed by atoms with Gasteiger partial charge in [-0.15, -0.1) is 0 Å². The van der Waals surface area contributed by atoms with E-state index in [0.29, 0.717) is 0 Å². The Bertz CT molecular complexity index is 567. The van der Waals surface area contributed by atoms with E-state index in [1.165, 1.54) is 10.8 Å². The van der Waals surface area contributed by atoms with Crippen molar-refractivity contribution < 1.29 is 4.79 Å². The summed E-state index contributed by atoms with van der Waals surface area (Å²) in [5.74, 6) is 0.0292. The van der Waals surface area contributed by atoms with E-state index in [0.717, 1.165) is 5.56 Å². The summed E-state index contributed by atoms with van der Waals surface area (Å²) in [6.07, 6.45) is 3.76. The standard InChI is InChI=1S/C15H15NO/c1-12(17)16(2)11-10-14-8-5-7-13-6-3-4-9-15(13)14/h3-11H,1-2H3/b11-10+. The summed E-state index contributed by atoms with van der Waals surface area (Å²) < 4.78 is 0. The van der Waals surface area contributed by atoms with Crippen molar-refractivity contribution >= 4 is 22.8 Å². The summed E-state index contributed by atoms with van der Waals surface area (Å²) in [5, 5.41) is 2.41. The number of benzene rings is 2. The van der Waals surface area contributed by atoms with Gasteiger partial charge in [0.15, 0.2) is 0 Å². The third kappa shape index (κ3) is 2.53. The molecule has 0 heterocycles. The molecule has 0 bridgehead atoms. The molecule has 0 N–H and O–H groups in total. The largest absolute Gasteiger partial charge is 0.322 e. The lowest BCUT2D eigenvalue weighted by Gasteiger charge is -2.08. The monoisotopic (exact) mass is 225 g/mol. The molecule has 0 atom stereocenters. The molecule has 2 heteroatoms. The Morgan fingerprint density at radius 3 is 2.59 bits per heavy atom. The van der Waals surface area contributed by atoms with Gasteiger partial charge in [-0.2, -0.15) is 0 Å². The molecule has 0 radical (unpaired) electrons. The van der Waals surface area contributed by atoms with Gasteiger partial charge in [-0.3, -0.25) is 4.79 Å². The van der Waals surface area contributed by atoms with Crippen LogP contribution < -0.4 is 0 Å². The fraction of sp³-hybridized carbons (Fsp3) is 0.133. The number of carbonyl (C=O) groups is 1. The van der Waals surface area contributed by atoms with E-state index >= 15 is 0 Å². The number of hydrogen-bond acceptors (Lipinski definition) is 1. The molecule has 0 aliphatic heterocycles. The number of rotatable bonds is 2. The highest BCUT2D eigenvalue weighted by atomic mass is 16.2. The second-order valence-corrected chi connectivity index (χ2v) is 4.01. The maximum atomic E-state index is 11.1. The lowest BCUT2D eigenvalue weighted by Crippen LogP contribution is -2.16. The molecule has 0 aliphatic rings. The fourth-order valence-corrected chi connectivity index (χ4v) is 1.69. The summed E-state index contributed by atoms with van der Waals surface area (Å²) in [5.41, 5.74) is 1.12. The fourth-order valence-electron chi connectivity index (χ4n) is 1.69. The van der Waals surface area contributed by atoms with E-state index in [-0.39, 0.29) is 5.91 Å². The van der Waals surface area contributed by atoms with Crippen molar-refractivity contribution in [2.24, 2.45) is 0 Å². The topological polar surface area (TPSA) is 20.3 Å². The summed E-state index contributed by atoms with van der Waals surface area (Å²) in [4.78, 5) is 12.7. The number of nitrogens with zero attached hydrogens (tertiary/aromatic N) is 1. The van der Waals surface area contributed by atoms with Crippen molar-refractivity contribution in [1.29, 1.82) is 0 Å². The maximum absolute atomic E-state index is 11.1. The molecular weight excluding hydrogens is 210 g/mol. The molecule has 0 unspecified atom stereocenters. The minimum absolute atomic E-state index is 0.0292. The predicted octanol–water partition coefficient (Wildman–Crippen LogP) is 3.29. The van der Waals surface area contributed by atoms with Crippen molar-refractivity contribution in [3.8, 4) is 0 Å².